The van der Waals surface area contributed by atoms with Crippen molar-refractivity contribution in [2.45, 2.75) is 18.1 Å². The molecule has 1 saturated heterocycles. The fourth-order valence-electron chi connectivity index (χ4n) is 3.93. The second-order valence-corrected chi connectivity index (χ2v) is 7.53. The summed E-state index contributed by atoms with van der Waals surface area (Å²) >= 11 is 6.25. The van der Waals surface area contributed by atoms with E-state index in [9.17, 15) is 5.11 Å². The van der Waals surface area contributed by atoms with Crippen LogP contribution in [0.1, 0.15) is 17.0 Å². The van der Waals surface area contributed by atoms with Crippen LogP contribution in [0.2, 0.25) is 5.02 Å². The Morgan fingerprint density at radius 2 is 1.75 bits per heavy atom. The van der Waals surface area contributed by atoms with Gasteiger partial charge in [0.15, 0.2) is 0 Å². The zero-order chi connectivity index (χ0) is 19.3. The summed E-state index contributed by atoms with van der Waals surface area (Å²) in [5, 5.41) is 15.4. The molecule has 1 heterocycles. The van der Waals surface area contributed by atoms with Crippen molar-refractivity contribution in [3.63, 3.8) is 0 Å². The van der Waals surface area contributed by atoms with Gasteiger partial charge in [-0.2, -0.15) is 0 Å². The Labute approximate surface area is 170 Å². The average molecular weight is 394 g/mol. The summed E-state index contributed by atoms with van der Waals surface area (Å²) in [6.45, 7) is 2.07. The molecule has 3 aromatic carbocycles. The van der Waals surface area contributed by atoms with Gasteiger partial charge in [0.05, 0.1) is 18.8 Å². The van der Waals surface area contributed by atoms with Crippen molar-refractivity contribution in [3.05, 3.63) is 95.0 Å². The maximum atomic E-state index is 11.4. The Kier molecular flexibility index (Phi) is 6.08. The number of benzene rings is 3. The minimum absolute atomic E-state index is 0.207. The van der Waals surface area contributed by atoms with Gasteiger partial charge < -0.3 is 15.2 Å². The molecule has 3 nitrogen and oxygen atoms in total. The molecule has 3 atom stereocenters. The molecule has 0 aromatic heterocycles. The summed E-state index contributed by atoms with van der Waals surface area (Å²) in [5.74, 6) is -0.207. The number of halogens is 1. The molecular formula is C24H24ClNO2. The summed E-state index contributed by atoms with van der Waals surface area (Å²) in [6.07, 6.45) is -0.929. The Hall–Kier alpha value is -2.17. The van der Waals surface area contributed by atoms with E-state index in [1.807, 2.05) is 48.5 Å². The molecule has 0 saturated carbocycles. The van der Waals surface area contributed by atoms with Gasteiger partial charge in [-0.05, 0) is 34.4 Å². The lowest BCUT2D eigenvalue weighted by atomic mass is 9.80. The van der Waals surface area contributed by atoms with Crippen molar-refractivity contribution >= 4 is 11.6 Å². The van der Waals surface area contributed by atoms with E-state index in [1.165, 1.54) is 0 Å². The minimum atomic E-state index is -0.671. The van der Waals surface area contributed by atoms with Crippen molar-refractivity contribution in [2.24, 2.45) is 0 Å². The fourth-order valence-corrected chi connectivity index (χ4v) is 4.12. The Morgan fingerprint density at radius 1 is 0.964 bits per heavy atom. The zero-order valence-corrected chi connectivity index (χ0v) is 16.3. The van der Waals surface area contributed by atoms with Crippen molar-refractivity contribution in [1.82, 2.24) is 5.32 Å². The fraction of sp³-hybridized carbons (Fsp3) is 0.250. The molecule has 144 valence electrons. The number of aliphatic hydroxyl groups excluding tert-OH is 1. The third kappa shape index (κ3) is 4.13. The predicted molar refractivity (Wildman–Crippen MR) is 114 cm³/mol. The number of rotatable bonds is 5. The molecule has 0 spiro atoms. The summed E-state index contributed by atoms with van der Waals surface area (Å²) in [4.78, 5) is 0. The normalized spacial score (nSPS) is 19.1. The second kappa shape index (κ2) is 8.89. The summed E-state index contributed by atoms with van der Waals surface area (Å²) in [5.41, 5.74) is 4.25. The molecule has 28 heavy (non-hydrogen) atoms. The highest BCUT2D eigenvalue weighted by Crippen LogP contribution is 2.37. The molecule has 1 aliphatic rings. The van der Waals surface area contributed by atoms with Crippen LogP contribution >= 0.6 is 11.6 Å². The van der Waals surface area contributed by atoms with Crippen LogP contribution in [0, 0.1) is 0 Å². The van der Waals surface area contributed by atoms with E-state index in [-0.39, 0.29) is 12.0 Å². The number of morpholine rings is 1. The van der Waals surface area contributed by atoms with Crippen LogP contribution in [0.3, 0.4) is 0 Å². The van der Waals surface area contributed by atoms with Crippen LogP contribution in [0.5, 0.6) is 0 Å². The Bertz CT molecular complexity index is 909. The first kappa shape index (κ1) is 19.2. The third-order valence-electron chi connectivity index (χ3n) is 5.27. The minimum Gasteiger partial charge on any atom is -0.389 e. The molecule has 4 heteroatoms. The van der Waals surface area contributed by atoms with Crippen LogP contribution in [-0.2, 0) is 4.74 Å². The van der Waals surface area contributed by atoms with Gasteiger partial charge in [-0.3, -0.25) is 0 Å². The van der Waals surface area contributed by atoms with E-state index in [0.717, 1.165) is 28.8 Å². The summed E-state index contributed by atoms with van der Waals surface area (Å²) < 4.78 is 5.89. The molecule has 4 rings (SSSR count). The van der Waals surface area contributed by atoms with Gasteiger partial charge in [0, 0.05) is 24.0 Å². The predicted octanol–water partition coefficient (Wildman–Crippen LogP) is 4.49. The summed E-state index contributed by atoms with van der Waals surface area (Å²) in [6, 6.07) is 26.2. The van der Waals surface area contributed by atoms with Crippen LogP contribution in [-0.4, -0.2) is 37.0 Å². The number of nitrogens with one attached hydrogen (secondary N) is 1. The van der Waals surface area contributed by atoms with Crippen molar-refractivity contribution in [3.8, 4) is 11.1 Å². The van der Waals surface area contributed by atoms with Crippen LogP contribution in [0.25, 0.3) is 11.1 Å². The number of ether oxygens (including phenoxy) is 1. The first-order chi connectivity index (χ1) is 13.7. The highest BCUT2D eigenvalue weighted by molar-refractivity contribution is 6.30. The first-order valence-electron chi connectivity index (χ1n) is 9.64. The molecule has 1 fully saturated rings. The van der Waals surface area contributed by atoms with Crippen molar-refractivity contribution < 1.29 is 9.84 Å². The Balaban J connectivity index is 1.81. The van der Waals surface area contributed by atoms with Crippen LogP contribution in [0.4, 0.5) is 0 Å². The highest BCUT2D eigenvalue weighted by Gasteiger charge is 2.33. The second-order valence-electron chi connectivity index (χ2n) is 7.09. The van der Waals surface area contributed by atoms with Gasteiger partial charge in [-0.1, -0.05) is 78.3 Å². The average Bonchev–Trinajstić information content (AvgIpc) is 2.76. The lowest BCUT2D eigenvalue weighted by Gasteiger charge is -2.34. The van der Waals surface area contributed by atoms with Gasteiger partial charge in [-0.15, -0.1) is 0 Å². The van der Waals surface area contributed by atoms with E-state index in [1.54, 1.807) is 0 Å². The third-order valence-corrected chi connectivity index (χ3v) is 5.50. The lowest BCUT2D eigenvalue weighted by Crippen LogP contribution is -2.47. The number of hydrogen-bond donors (Lipinski definition) is 2. The molecule has 3 unspecified atom stereocenters. The highest BCUT2D eigenvalue weighted by atomic mass is 35.5. The van der Waals surface area contributed by atoms with Gasteiger partial charge >= 0.3 is 0 Å². The van der Waals surface area contributed by atoms with E-state index in [2.05, 4.69) is 35.6 Å². The monoisotopic (exact) mass is 393 g/mol. The van der Waals surface area contributed by atoms with Crippen LogP contribution in [0.15, 0.2) is 78.9 Å². The molecular weight excluding hydrogens is 370 g/mol. The molecule has 0 bridgehead atoms. The number of hydrogen-bond acceptors (Lipinski definition) is 3. The van der Waals surface area contributed by atoms with Gasteiger partial charge in [0.2, 0.25) is 0 Å². The maximum absolute atomic E-state index is 11.4. The zero-order valence-electron chi connectivity index (χ0n) is 15.6. The van der Waals surface area contributed by atoms with E-state index < -0.39 is 6.10 Å². The van der Waals surface area contributed by atoms with E-state index in [0.29, 0.717) is 18.2 Å². The Morgan fingerprint density at radius 3 is 2.50 bits per heavy atom. The van der Waals surface area contributed by atoms with Gasteiger partial charge in [0.25, 0.3) is 0 Å². The number of aliphatic hydroxyl groups is 1. The molecule has 0 radical (unpaired) electrons. The molecule has 3 aromatic rings. The largest absolute Gasteiger partial charge is 0.389 e. The molecule has 0 aliphatic carbocycles. The SMILES string of the molecule is OC(C1CNCCO1)C(c1ccccc1)c1ccccc1-c1cccc(Cl)c1. The van der Waals surface area contributed by atoms with Gasteiger partial charge in [0.1, 0.15) is 0 Å². The van der Waals surface area contributed by atoms with E-state index >= 15 is 0 Å². The van der Waals surface area contributed by atoms with Gasteiger partial charge in [-0.25, -0.2) is 0 Å². The topological polar surface area (TPSA) is 41.5 Å². The first-order valence-corrected chi connectivity index (χ1v) is 10.0. The quantitative estimate of drug-likeness (QED) is 0.671. The van der Waals surface area contributed by atoms with Crippen molar-refractivity contribution in [2.75, 3.05) is 19.7 Å². The molecule has 0 amide bonds. The lowest BCUT2D eigenvalue weighted by molar-refractivity contribution is -0.0576. The van der Waals surface area contributed by atoms with E-state index in [4.69, 9.17) is 16.3 Å². The smallest absolute Gasteiger partial charge is 0.0967 e. The maximum Gasteiger partial charge on any atom is 0.0967 e. The van der Waals surface area contributed by atoms with Crippen molar-refractivity contribution in [1.29, 1.82) is 0 Å². The molecule has 1 aliphatic heterocycles. The standard InChI is InChI=1S/C24H24ClNO2/c25-19-10-6-9-18(15-19)20-11-4-5-12-21(20)23(17-7-2-1-3-8-17)24(27)22-16-26-13-14-28-22/h1-12,15,22-24,26-27H,13-14,16H2. The van der Waals surface area contributed by atoms with Crippen LogP contribution < -0.4 is 5.32 Å². The summed E-state index contributed by atoms with van der Waals surface area (Å²) in [7, 11) is 0. The molecule has 2 N–H and O–H groups in total.